The monoisotopic (exact) mass is 209 g/mol. The summed E-state index contributed by atoms with van der Waals surface area (Å²) >= 11 is 0. The van der Waals surface area contributed by atoms with E-state index in [1.54, 1.807) is 6.92 Å². The van der Waals surface area contributed by atoms with Crippen LogP contribution in [0.1, 0.15) is 22.7 Å². The Hall–Kier alpha value is -0.930. The number of hydrogen-bond donors (Lipinski definition) is 1. The van der Waals surface area contributed by atoms with Crippen molar-refractivity contribution in [1.29, 1.82) is 0 Å². The minimum absolute atomic E-state index is 0.00245. The van der Waals surface area contributed by atoms with Crippen molar-refractivity contribution in [3.63, 3.8) is 0 Å². The van der Waals surface area contributed by atoms with Crippen molar-refractivity contribution in [3.05, 3.63) is 34.6 Å². The molecule has 0 spiro atoms. The Balaban J connectivity index is 2.33. The maximum atomic E-state index is 13.9. The van der Waals surface area contributed by atoms with Gasteiger partial charge in [0.05, 0.1) is 19.3 Å². The van der Waals surface area contributed by atoms with Gasteiger partial charge in [-0.3, -0.25) is 0 Å². The molecule has 1 aromatic carbocycles. The molecule has 0 aromatic heterocycles. The molecule has 82 valence electrons. The summed E-state index contributed by atoms with van der Waals surface area (Å²) in [5.41, 5.74) is 2.53. The molecule has 1 heterocycles. The number of aryl methyl sites for hydroxylation is 2. The summed E-state index contributed by atoms with van der Waals surface area (Å²) in [5, 5.41) is 3.27. The van der Waals surface area contributed by atoms with Crippen molar-refractivity contribution in [2.24, 2.45) is 0 Å². The molecule has 1 aromatic rings. The van der Waals surface area contributed by atoms with Crippen molar-refractivity contribution in [2.75, 3.05) is 19.8 Å². The largest absolute Gasteiger partial charge is 0.378 e. The quantitative estimate of drug-likeness (QED) is 0.764. The summed E-state index contributed by atoms with van der Waals surface area (Å²) in [5.74, 6) is -0.108. The van der Waals surface area contributed by atoms with Gasteiger partial charge >= 0.3 is 0 Å². The first-order valence-electron chi connectivity index (χ1n) is 5.26. The third-order valence-electron chi connectivity index (χ3n) is 2.72. The highest BCUT2D eigenvalue weighted by molar-refractivity contribution is 5.32. The molecule has 0 aliphatic carbocycles. The molecule has 1 N–H and O–H groups in total. The van der Waals surface area contributed by atoms with Gasteiger partial charge in [-0.05, 0) is 19.4 Å². The molecule has 1 saturated heterocycles. The molecule has 1 atom stereocenters. The van der Waals surface area contributed by atoms with E-state index in [4.69, 9.17) is 4.74 Å². The zero-order chi connectivity index (χ0) is 10.8. The smallest absolute Gasteiger partial charge is 0.130 e. The molecule has 2 rings (SSSR count). The van der Waals surface area contributed by atoms with E-state index >= 15 is 0 Å². The molecule has 1 unspecified atom stereocenters. The maximum absolute atomic E-state index is 13.9. The zero-order valence-corrected chi connectivity index (χ0v) is 9.14. The van der Waals surface area contributed by atoms with Crippen LogP contribution in [0.5, 0.6) is 0 Å². The number of hydrogen-bond acceptors (Lipinski definition) is 2. The highest BCUT2D eigenvalue weighted by atomic mass is 19.1. The van der Waals surface area contributed by atoms with E-state index in [0.29, 0.717) is 18.8 Å². The van der Waals surface area contributed by atoms with E-state index in [9.17, 15) is 4.39 Å². The van der Waals surface area contributed by atoms with E-state index in [1.165, 1.54) is 0 Å². The van der Waals surface area contributed by atoms with Crippen molar-refractivity contribution in [3.8, 4) is 0 Å². The van der Waals surface area contributed by atoms with Crippen LogP contribution >= 0.6 is 0 Å². The van der Waals surface area contributed by atoms with E-state index in [2.05, 4.69) is 5.32 Å². The molecule has 1 aliphatic heterocycles. The van der Waals surface area contributed by atoms with Crippen LogP contribution in [0.2, 0.25) is 0 Å². The SMILES string of the molecule is Cc1cc(C)c(F)c(C2COCCN2)c1. The summed E-state index contributed by atoms with van der Waals surface area (Å²) in [7, 11) is 0. The zero-order valence-electron chi connectivity index (χ0n) is 9.14. The fourth-order valence-electron chi connectivity index (χ4n) is 2.00. The summed E-state index contributed by atoms with van der Waals surface area (Å²) in [6.45, 7) is 5.84. The fraction of sp³-hybridized carbons (Fsp3) is 0.500. The normalized spacial score (nSPS) is 21.7. The van der Waals surface area contributed by atoms with E-state index < -0.39 is 0 Å². The predicted molar refractivity (Wildman–Crippen MR) is 57.4 cm³/mol. The van der Waals surface area contributed by atoms with Gasteiger partial charge in [0.25, 0.3) is 0 Å². The van der Waals surface area contributed by atoms with Crippen LogP contribution in [0, 0.1) is 19.7 Å². The van der Waals surface area contributed by atoms with Crippen molar-refractivity contribution in [1.82, 2.24) is 5.32 Å². The van der Waals surface area contributed by atoms with E-state index in [1.807, 2.05) is 19.1 Å². The number of benzene rings is 1. The van der Waals surface area contributed by atoms with Crippen LogP contribution in [0.25, 0.3) is 0 Å². The second kappa shape index (κ2) is 4.29. The Morgan fingerprint density at radius 2 is 2.20 bits per heavy atom. The molecule has 0 saturated carbocycles. The lowest BCUT2D eigenvalue weighted by atomic mass is 10.0. The number of halogens is 1. The third kappa shape index (κ3) is 2.19. The van der Waals surface area contributed by atoms with Gasteiger partial charge in [-0.2, -0.15) is 0 Å². The first kappa shape index (κ1) is 10.6. The molecule has 1 fully saturated rings. The van der Waals surface area contributed by atoms with Crippen LogP contribution in [-0.2, 0) is 4.74 Å². The standard InChI is InChI=1S/C12H16FNO/c1-8-5-9(2)12(13)10(6-8)11-7-15-4-3-14-11/h5-6,11,14H,3-4,7H2,1-2H3. The number of morpholine rings is 1. The molecular weight excluding hydrogens is 193 g/mol. The van der Waals surface area contributed by atoms with Crippen LogP contribution in [0.4, 0.5) is 4.39 Å². The van der Waals surface area contributed by atoms with Gasteiger partial charge in [0, 0.05) is 12.1 Å². The molecule has 1 aliphatic rings. The Kier molecular flexibility index (Phi) is 3.03. The predicted octanol–water partition coefficient (Wildman–Crippen LogP) is 2.10. The van der Waals surface area contributed by atoms with Gasteiger partial charge in [0.2, 0.25) is 0 Å². The van der Waals surface area contributed by atoms with Gasteiger partial charge < -0.3 is 10.1 Å². The molecule has 0 radical (unpaired) electrons. The molecule has 3 heteroatoms. The lowest BCUT2D eigenvalue weighted by Gasteiger charge is -2.25. The van der Waals surface area contributed by atoms with E-state index in [0.717, 1.165) is 17.7 Å². The topological polar surface area (TPSA) is 21.3 Å². The van der Waals surface area contributed by atoms with Crippen LogP contribution < -0.4 is 5.32 Å². The molecule has 15 heavy (non-hydrogen) atoms. The number of rotatable bonds is 1. The lowest BCUT2D eigenvalue weighted by Crippen LogP contribution is -2.35. The van der Waals surface area contributed by atoms with Crippen LogP contribution in [0.15, 0.2) is 12.1 Å². The molecule has 2 nitrogen and oxygen atoms in total. The van der Waals surface area contributed by atoms with Gasteiger partial charge in [0.1, 0.15) is 5.82 Å². The second-order valence-electron chi connectivity index (χ2n) is 4.07. The fourth-order valence-corrected chi connectivity index (χ4v) is 2.00. The first-order chi connectivity index (χ1) is 7.18. The van der Waals surface area contributed by atoms with Crippen LogP contribution in [-0.4, -0.2) is 19.8 Å². The molecule has 0 amide bonds. The average molecular weight is 209 g/mol. The minimum atomic E-state index is -0.108. The molecule has 0 bridgehead atoms. The van der Waals surface area contributed by atoms with Gasteiger partial charge in [0.15, 0.2) is 0 Å². The lowest BCUT2D eigenvalue weighted by molar-refractivity contribution is 0.0757. The second-order valence-corrected chi connectivity index (χ2v) is 4.07. The Bertz CT molecular complexity index is 359. The van der Waals surface area contributed by atoms with Crippen molar-refractivity contribution < 1.29 is 9.13 Å². The number of ether oxygens (including phenoxy) is 1. The van der Waals surface area contributed by atoms with Gasteiger partial charge in [-0.25, -0.2) is 4.39 Å². The Morgan fingerprint density at radius 3 is 2.87 bits per heavy atom. The first-order valence-corrected chi connectivity index (χ1v) is 5.26. The van der Waals surface area contributed by atoms with Gasteiger partial charge in [-0.15, -0.1) is 0 Å². The summed E-state index contributed by atoms with van der Waals surface area (Å²) in [4.78, 5) is 0. The Labute approximate surface area is 89.4 Å². The highest BCUT2D eigenvalue weighted by Crippen LogP contribution is 2.23. The van der Waals surface area contributed by atoms with Crippen LogP contribution in [0.3, 0.4) is 0 Å². The third-order valence-corrected chi connectivity index (χ3v) is 2.72. The highest BCUT2D eigenvalue weighted by Gasteiger charge is 2.19. The summed E-state index contributed by atoms with van der Waals surface area (Å²) in [6, 6.07) is 3.76. The number of nitrogens with one attached hydrogen (secondary N) is 1. The van der Waals surface area contributed by atoms with Crippen molar-refractivity contribution >= 4 is 0 Å². The summed E-state index contributed by atoms with van der Waals surface area (Å²) < 4.78 is 19.2. The average Bonchev–Trinajstić information content (AvgIpc) is 2.24. The summed E-state index contributed by atoms with van der Waals surface area (Å²) in [6.07, 6.45) is 0. The van der Waals surface area contributed by atoms with E-state index in [-0.39, 0.29) is 11.9 Å². The minimum Gasteiger partial charge on any atom is -0.378 e. The van der Waals surface area contributed by atoms with Crippen molar-refractivity contribution in [2.45, 2.75) is 19.9 Å². The maximum Gasteiger partial charge on any atom is 0.130 e. The Morgan fingerprint density at radius 1 is 1.40 bits per heavy atom. The van der Waals surface area contributed by atoms with Gasteiger partial charge in [-0.1, -0.05) is 17.7 Å². The molecular formula is C12H16FNO.